The third kappa shape index (κ3) is 4.81. The van der Waals surface area contributed by atoms with Crippen LogP contribution >= 0.6 is 23.2 Å². The van der Waals surface area contributed by atoms with Crippen molar-refractivity contribution >= 4 is 46.4 Å². The first-order valence-corrected chi connectivity index (χ1v) is 8.46. The first-order chi connectivity index (χ1) is 12.9. The van der Waals surface area contributed by atoms with Crippen molar-refractivity contribution in [1.82, 2.24) is 4.98 Å². The Bertz CT molecular complexity index is 993. The van der Waals surface area contributed by atoms with Crippen LogP contribution in [0.1, 0.15) is 20.7 Å². The van der Waals surface area contributed by atoms with E-state index in [-0.39, 0.29) is 21.2 Å². The van der Waals surface area contributed by atoms with Gasteiger partial charge in [-0.3, -0.25) is 14.6 Å². The van der Waals surface area contributed by atoms with Crippen LogP contribution in [0.15, 0.2) is 60.9 Å². The molecule has 1 heterocycles. The molecule has 2 amide bonds. The molecule has 0 bridgehead atoms. The van der Waals surface area contributed by atoms with Crippen molar-refractivity contribution in [3.8, 4) is 0 Å². The summed E-state index contributed by atoms with van der Waals surface area (Å²) in [6, 6.07) is 11.3. The number of anilines is 2. The monoisotopic (exact) mass is 403 g/mol. The van der Waals surface area contributed by atoms with E-state index in [9.17, 15) is 14.0 Å². The Kier molecular flexibility index (Phi) is 5.69. The Morgan fingerprint density at radius 2 is 1.70 bits per heavy atom. The van der Waals surface area contributed by atoms with Crippen molar-refractivity contribution in [2.24, 2.45) is 0 Å². The fourth-order valence-electron chi connectivity index (χ4n) is 2.30. The van der Waals surface area contributed by atoms with Gasteiger partial charge in [-0.1, -0.05) is 23.2 Å². The highest BCUT2D eigenvalue weighted by molar-refractivity contribution is 6.34. The summed E-state index contributed by atoms with van der Waals surface area (Å²) in [5.41, 5.74) is 1.04. The molecule has 5 nitrogen and oxygen atoms in total. The lowest BCUT2D eigenvalue weighted by Crippen LogP contribution is -2.15. The molecule has 0 aliphatic rings. The van der Waals surface area contributed by atoms with E-state index in [0.29, 0.717) is 11.4 Å². The molecular weight excluding hydrogens is 392 g/mol. The first-order valence-electron chi connectivity index (χ1n) is 7.71. The van der Waals surface area contributed by atoms with Gasteiger partial charge in [0.25, 0.3) is 11.8 Å². The number of carbonyl (C=O) groups is 2. The topological polar surface area (TPSA) is 71.1 Å². The minimum atomic E-state index is -0.625. The molecule has 0 radical (unpaired) electrons. The van der Waals surface area contributed by atoms with E-state index >= 15 is 0 Å². The van der Waals surface area contributed by atoms with Gasteiger partial charge in [0, 0.05) is 22.5 Å². The fraction of sp³-hybridized carbons (Fsp3) is 0. The zero-order valence-electron chi connectivity index (χ0n) is 13.7. The van der Waals surface area contributed by atoms with Gasteiger partial charge in [-0.2, -0.15) is 0 Å². The van der Waals surface area contributed by atoms with Crippen LogP contribution in [0.5, 0.6) is 0 Å². The molecule has 8 heteroatoms. The smallest absolute Gasteiger partial charge is 0.257 e. The Hall–Kier alpha value is -2.96. The summed E-state index contributed by atoms with van der Waals surface area (Å²) >= 11 is 11.9. The molecule has 0 saturated heterocycles. The molecule has 0 unspecified atom stereocenters. The highest BCUT2D eigenvalue weighted by atomic mass is 35.5. The van der Waals surface area contributed by atoms with E-state index in [1.54, 1.807) is 18.3 Å². The highest BCUT2D eigenvalue weighted by Gasteiger charge is 2.14. The third-order valence-corrected chi connectivity index (χ3v) is 4.06. The van der Waals surface area contributed by atoms with Gasteiger partial charge in [0.15, 0.2) is 0 Å². The highest BCUT2D eigenvalue weighted by Crippen LogP contribution is 2.23. The number of halogens is 3. The SMILES string of the molecule is O=C(Nc1ccc(Cl)c(C(=O)Nc2cccnc2)c1)c1cc(F)cc(Cl)c1. The Balaban J connectivity index is 1.80. The number of amides is 2. The predicted octanol–water partition coefficient (Wildman–Crippen LogP) is 5.03. The van der Waals surface area contributed by atoms with E-state index in [0.717, 1.165) is 12.1 Å². The van der Waals surface area contributed by atoms with Crippen LogP contribution < -0.4 is 10.6 Å². The van der Waals surface area contributed by atoms with Crippen molar-refractivity contribution in [2.45, 2.75) is 0 Å². The Morgan fingerprint density at radius 1 is 0.926 bits per heavy atom. The molecule has 0 saturated carbocycles. The van der Waals surface area contributed by atoms with Crippen molar-refractivity contribution in [2.75, 3.05) is 10.6 Å². The van der Waals surface area contributed by atoms with E-state index in [1.165, 1.54) is 30.5 Å². The van der Waals surface area contributed by atoms with Crippen LogP contribution in [0.25, 0.3) is 0 Å². The van der Waals surface area contributed by atoms with Gasteiger partial charge in [-0.25, -0.2) is 4.39 Å². The van der Waals surface area contributed by atoms with Crippen molar-refractivity contribution in [1.29, 1.82) is 0 Å². The molecule has 3 rings (SSSR count). The number of carbonyl (C=O) groups excluding carboxylic acids is 2. The molecule has 0 spiro atoms. The molecule has 2 aromatic carbocycles. The Labute approximate surface area is 164 Å². The average molecular weight is 404 g/mol. The number of benzene rings is 2. The standard InChI is InChI=1S/C19H12Cl2FN3O2/c20-12-6-11(7-13(22)8-12)18(26)24-14-3-4-17(21)16(9-14)19(27)25-15-2-1-5-23-10-15/h1-10H,(H,24,26)(H,25,27). The van der Waals surface area contributed by atoms with Gasteiger partial charge in [-0.15, -0.1) is 0 Å². The molecule has 1 aromatic heterocycles. The number of rotatable bonds is 4. The second kappa shape index (κ2) is 8.16. The fourth-order valence-corrected chi connectivity index (χ4v) is 2.73. The molecule has 136 valence electrons. The predicted molar refractivity (Wildman–Crippen MR) is 103 cm³/mol. The van der Waals surface area contributed by atoms with E-state index in [2.05, 4.69) is 15.6 Å². The lowest BCUT2D eigenvalue weighted by Gasteiger charge is -2.10. The van der Waals surface area contributed by atoms with E-state index in [4.69, 9.17) is 23.2 Å². The van der Waals surface area contributed by atoms with Crippen LogP contribution in [0, 0.1) is 5.82 Å². The summed E-state index contributed by atoms with van der Waals surface area (Å²) in [5.74, 6) is -1.66. The Morgan fingerprint density at radius 3 is 2.41 bits per heavy atom. The molecule has 3 aromatic rings. The summed E-state index contributed by atoms with van der Waals surface area (Å²) < 4.78 is 13.4. The second-order valence-corrected chi connectivity index (χ2v) is 6.35. The van der Waals surface area contributed by atoms with Crippen LogP contribution in [-0.2, 0) is 0 Å². The number of hydrogen-bond acceptors (Lipinski definition) is 3. The van der Waals surface area contributed by atoms with Gasteiger partial charge in [0.05, 0.1) is 22.5 Å². The summed E-state index contributed by atoms with van der Waals surface area (Å²) in [4.78, 5) is 28.6. The molecule has 0 aliphatic carbocycles. The van der Waals surface area contributed by atoms with Gasteiger partial charge < -0.3 is 10.6 Å². The first kappa shape index (κ1) is 18.8. The van der Waals surface area contributed by atoms with Crippen molar-refractivity contribution in [3.63, 3.8) is 0 Å². The lowest BCUT2D eigenvalue weighted by molar-refractivity contribution is 0.101. The van der Waals surface area contributed by atoms with Gasteiger partial charge in [0.1, 0.15) is 5.82 Å². The number of hydrogen-bond donors (Lipinski definition) is 2. The molecule has 2 N–H and O–H groups in total. The minimum absolute atomic E-state index is 0.0521. The third-order valence-electron chi connectivity index (χ3n) is 3.51. The van der Waals surface area contributed by atoms with E-state index in [1.807, 2.05) is 0 Å². The zero-order chi connectivity index (χ0) is 19.4. The van der Waals surface area contributed by atoms with Crippen LogP contribution in [-0.4, -0.2) is 16.8 Å². The van der Waals surface area contributed by atoms with Gasteiger partial charge >= 0.3 is 0 Å². The minimum Gasteiger partial charge on any atom is -0.322 e. The lowest BCUT2D eigenvalue weighted by atomic mass is 10.1. The maximum Gasteiger partial charge on any atom is 0.257 e. The summed E-state index contributed by atoms with van der Waals surface area (Å²) in [6.45, 7) is 0. The quantitative estimate of drug-likeness (QED) is 0.641. The summed E-state index contributed by atoms with van der Waals surface area (Å²) in [6.07, 6.45) is 3.07. The summed E-state index contributed by atoms with van der Waals surface area (Å²) in [5, 5.41) is 5.56. The van der Waals surface area contributed by atoms with E-state index < -0.39 is 17.6 Å². The normalized spacial score (nSPS) is 10.3. The molecule has 0 atom stereocenters. The number of nitrogens with one attached hydrogen (secondary N) is 2. The van der Waals surface area contributed by atoms with Gasteiger partial charge in [-0.05, 0) is 48.5 Å². The summed E-state index contributed by atoms with van der Waals surface area (Å²) in [7, 11) is 0. The average Bonchev–Trinajstić information content (AvgIpc) is 2.63. The molecule has 0 fully saturated rings. The van der Waals surface area contributed by atoms with Crippen molar-refractivity contribution < 1.29 is 14.0 Å². The molecule has 27 heavy (non-hydrogen) atoms. The largest absolute Gasteiger partial charge is 0.322 e. The number of nitrogens with zero attached hydrogens (tertiary/aromatic N) is 1. The van der Waals surface area contributed by atoms with Gasteiger partial charge in [0.2, 0.25) is 0 Å². The number of aromatic nitrogens is 1. The maximum absolute atomic E-state index is 13.4. The van der Waals surface area contributed by atoms with Crippen LogP contribution in [0.2, 0.25) is 10.0 Å². The second-order valence-electron chi connectivity index (χ2n) is 5.50. The molecule has 0 aliphatic heterocycles. The van der Waals surface area contributed by atoms with Crippen LogP contribution in [0.4, 0.5) is 15.8 Å². The molecular formula is C19H12Cl2FN3O2. The van der Waals surface area contributed by atoms with Crippen molar-refractivity contribution in [3.05, 3.63) is 87.9 Å². The number of pyridine rings is 1. The zero-order valence-corrected chi connectivity index (χ0v) is 15.2. The maximum atomic E-state index is 13.4. The van der Waals surface area contributed by atoms with Crippen LogP contribution in [0.3, 0.4) is 0 Å².